The summed E-state index contributed by atoms with van der Waals surface area (Å²) in [6.07, 6.45) is -6.18. The summed E-state index contributed by atoms with van der Waals surface area (Å²) < 4.78 is 13.1. The number of hydrogen-bond donors (Lipinski definition) is 5. The van der Waals surface area contributed by atoms with Crippen LogP contribution in [-0.4, -0.2) is 74.8 Å². The van der Waals surface area contributed by atoms with Crippen molar-refractivity contribution < 1.29 is 34.4 Å². The number of fused-ring (bicyclic) bond motifs is 10. The number of halogens is 2. The number of carbonyl (C=O) groups excluding carboxylic acids is 2. The summed E-state index contributed by atoms with van der Waals surface area (Å²) in [5.74, 6) is -1.12. The third-order valence-electron chi connectivity index (χ3n) is 7.79. The number of nitrogens with one attached hydrogen (secondary N) is 2. The highest BCUT2D eigenvalue weighted by Gasteiger charge is 2.47. The van der Waals surface area contributed by atoms with Crippen molar-refractivity contribution in [1.82, 2.24) is 14.9 Å². The summed E-state index contributed by atoms with van der Waals surface area (Å²) in [6.45, 7) is -0.493. The Morgan fingerprint density at radius 1 is 0.923 bits per heavy atom. The van der Waals surface area contributed by atoms with Gasteiger partial charge in [0, 0.05) is 28.7 Å². The van der Waals surface area contributed by atoms with Crippen molar-refractivity contribution in [3.63, 3.8) is 0 Å². The van der Waals surface area contributed by atoms with Gasteiger partial charge >= 0.3 is 0 Å². The molecule has 12 heteroatoms. The van der Waals surface area contributed by atoms with Crippen LogP contribution in [0.4, 0.5) is 0 Å². The minimum Gasteiger partial charge on any atom is -0.394 e. The van der Waals surface area contributed by atoms with Crippen LogP contribution in [0.2, 0.25) is 10.0 Å². The van der Waals surface area contributed by atoms with Gasteiger partial charge in [0.15, 0.2) is 6.23 Å². The van der Waals surface area contributed by atoms with E-state index in [2.05, 4.69) is 10.3 Å². The van der Waals surface area contributed by atoms with Gasteiger partial charge in [-0.25, -0.2) is 0 Å². The zero-order valence-electron chi connectivity index (χ0n) is 20.2. The molecule has 0 spiro atoms. The number of nitrogens with zero attached hydrogens (tertiary/aromatic N) is 1. The number of methoxy groups -OCH3 is 1. The van der Waals surface area contributed by atoms with Gasteiger partial charge < -0.3 is 34.3 Å². The molecule has 39 heavy (non-hydrogen) atoms. The predicted molar refractivity (Wildman–Crippen MR) is 144 cm³/mol. The lowest BCUT2D eigenvalue weighted by Crippen LogP contribution is -2.57. The average molecular weight is 570 g/mol. The fourth-order valence-electron chi connectivity index (χ4n) is 6.20. The van der Waals surface area contributed by atoms with Crippen LogP contribution >= 0.6 is 23.2 Å². The molecule has 10 nitrogen and oxygen atoms in total. The van der Waals surface area contributed by atoms with Crippen molar-refractivity contribution in [3.8, 4) is 0 Å². The first-order valence-electron chi connectivity index (χ1n) is 12.2. The Morgan fingerprint density at radius 2 is 1.59 bits per heavy atom. The minimum atomic E-state index is -1.51. The highest BCUT2D eigenvalue weighted by atomic mass is 35.5. The molecule has 5 aromatic rings. The molecule has 1 fully saturated rings. The maximum Gasteiger partial charge on any atom is 0.259 e. The molecule has 0 radical (unpaired) electrons. The third kappa shape index (κ3) is 3.16. The van der Waals surface area contributed by atoms with Crippen LogP contribution in [0.5, 0.6) is 0 Å². The van der Waals surface area contributed by atoms with Gasteiger partial charge in [-0.05, 0) is 12.1 Å². The number of carbonyl (C=O) groups is 2. The Morgan fingerprint density at radius 3 is 2.28 bits per heavy atom. The number of H-pyrrole nitrogens is 1. The number of aliphatic hydroxyl groups excluding tert-OH is 3. The number of aromatic nitrogens is 2. The largest absolute Gasteiger partial charge is 0.394 e. The lowest BCUT2D eigenvalue weighted by Gasteiger charge is -2.42. The zero-order chi connectivity index (χ0) is 27.3. The number of hydrogen-bond acceptors (Lipinski definition) is 7. The molecular weight excluding hydrogens is 549 g/mol. The molecular formula is C27H21Cl2N3O7. The van der Waals surface area contributed by atoms with Gasteiger partial charge in [0.25, 0.3) is 11.8 Å². The number of benzene rings is 3. The van der Waals surface area contributed by atoms with Gasteiger partial charge in [0.1, 0.15) is 24.4 Å². The summed E-state index contributed by atoms with van der Waals surface area (Å²) >= 11 is 13.3. The van der Waals surface area contributed by atoms with Crippen LogP contribution in [0.3, 0.4) is 0 Å². The molecule has 0 unspecified atom stereocenters. The number of aromatic amines is 1. The molecule has 7 rings (SSSR count). The summed E-state index contributed by atoms with van der Waals surface area (Å²) in [4.78, 5) is 29.8. The van der Waals surface area contributed by atoms with Crippen LogP contribution < -0.4 is 5.32 Å². The summed E-state index contributed by atoms with van der Waals surface area (Å²) in [6, 6.07) is 10.4. The summed E-state index contributed by atoms with van der Waals surface area (Å²) in [5, 5.41) is 37.5. The molecule has 0 saturated carbocycles. The van der Waals surface area contributed by atoms with Crippen LogP contribution in [-0.2, 0) is 9.47 Å². The van der Waals surface area contributed by atoms with E-state index in [1.807, 2.05) is 0 Å². The first kappa shape index (κ1) is 24.8. The molecule has 0 bridgehead atoms. The summed E-state index contributed by atoms with van der Waals surface area (Å²) in [5.41, 5.74) is 2.19. The topological polar surface area (TPSA) is 146 Å². The Hall–Kier alpha value is -3.22. The van der Waals surface area contributed by atoms with Crippen molar-refractivity contribution in [1.29, 1.82) is 0 Å². The van der Waals surface area contributed by atoms with Crippen LogP contribution in [0.1, 0.15) is 26.9 Å². The molecule has 200 valence electrons. The second-order valence-corrected chi connectivity index (χ2v) is 10.5. The molecule has 5 N–H and O–H groups in total. The maximum atomic E-state index is 13.3. The lowest BCUT2D eigenvalue weighted by atomic mass is 9.96. The van der Waals surface area contributed by atoms with E-state index in [9.17, 15) is 24.9 Å². The number of para-hydroxylation sites is 2. The third-order valence-corrected chi connectivity index (χ3v) is 8.41. The van der Waals surface area contributed by atoms with E-state index in [4.69, 9.17) is 32.7 Å². The van der Waals surface area contributed by atoms with Crippen LogP contribution in [0.25, 0.3) is 43.6 Å². The molecule has 0 aliphatic carbocycles. The van der Waals surface area contributed by atoms with Crippen molar-refractivity contribution in [2.24, 2.45) is 0 Å². The van der Waals surface area contributed by atoms with Gasteiger partial charge in [-0.2, -0.15) is 0 Å². The molecule has 5 atom stereocenters. The Balaban J connectivity index is 1.71. The first-order valence-corrected chi connectivity index (χ1v) is 12.9. The number of ether oxygens (including phenoxy) is 2. The van der Waals surface area contributed by atoms with E-state index < -0.39 is 49.1 Å². The highest BCUT2D eigenvalue weighted by Crippen LogP contribution is 2.48. The Labute approximate surface area is 229 Å². The van der Waals surface area contributed by atoms with Gasteiger partial charge in [-0.3, -0.25) is 14.9 Å². The molecule has 2 aliphatic heterocycles. The van der Waals surface area contributed by atoms with Gasteiger partial charge in [-0.15, -0.1) is 0 Å². The smallest absolute Gasteiger partial charge is 0.259 e. The molecule has 2 amide bonds. The van der Waals surface area contributed by atoms with Gasteiger partial charge in [0.2, 0.25) is 0 Å². The minimum absolute atomic E-state index is 0.161. The van der Waals surface area contributed by atoms with Crippen LogP contribution in [0, 0.1) is 0 Å². The predicted octanol–water partition coefficient (Wildman–Crippen LogP) is 3.25. The zero-order valence-corrected chi connectivity index (χ0v) is 21.7. The standard InChI is InChI=1S/C27H21Cl2N3O7/c1-38-24-13(8-33)39-27(23(35)22(24)34)32-20-10(5-3-7-12(20)29)15-17-16(25(36)31-26(17)37)14-9-4-2-6-11(28)18(9)30-19(14)21(15)32/h2-7,13,22-24,27,30,33-35H,8H2,1H3,(H,31,36,37)/t13-,22-,23-,24-,27-/m1/s1. The molecule has 2 aromatic heterocycles. The highest BCUT2D eigenvalue weighted by molar-refractivity contribution is 6.43. The monoisotopic (exact) mass is 569 g/mol. The SMILES string of the molecule is CO[C@H]1[C@H](O)[C@@H](O)[C@H](n2c3c(Cl)cccc3c3c4c(c5c6cccc(Cl)c6[nH]c5c32)C(=O)NC4=O)O[C@@H]1CO. The van der Waals surface area contributed by atoms with E-state index >= 15 is 0 Å². The maximum absolute atomic E-state index is 13.3. The average Bonchev–Trinajstić information content (AvgIpc) is 3.56. The van der Waals surface area contributed by atoms with E-state index in [1.54, 1.807) is 41.0 Å². The number of rotatable bonds is 3. The van der Waals surface area contributed by atoms with Crippen molar-refractivity contribution in [2.75, 3.05) is 13.7 Å². The van der Waals surface area contributed by atoms with E-state index in [0.717, 1.165) is 0 Å². The Bertz CT molecular complexity index is 1880. The fraction of sp³-hybridized carbons (Fsp3) is 0.259. The van der Waals surface area contributed by atoms with Gasteiger partial charge in [-0.1, -0.05) is 47.5 Å². The molecule has 2 aliphatic rings. The number of amides is 2. The molecule has 1 saturated heterocycles. The van der Waals surface area contributed by atoms with Crippen LogP contribution in [0.15, 0.2) is 36.4 Å². The second kappa shape index (κ2) is 8.64. The fourth-order valence-corrected chi connectivity index (χ4v) is 6.68. The van der Waals surface area contributed by atoms with Gasteiger partial charge in [0.05, 0.1) is 49.8 Å². The van der Waals surface area contributed by atoms with E-state index in [0.29, 0.717) is 48.6 Å². The molecule has 3 aromatic carbocycles. The number of imide groups is 1. The van der Waals surface area contributed by atoms with Crippen molar-refractivity contribution in [3.05, 3.63) is 57.6 Å². The normalized spacial score (nSPS) is 25.3. The summed E-state index contributed by atoms with van der Waals surface area (Å²) in [7, 11) is 1.35. The van der Waals surface area contributed by atoms with Crippen molar-refractivity contribution in [2.45, 2.75) is 30.6 Å². The quantitative estimate of drug-likeness (QED) is 0.210. The Kier molecular flexibility index (Phi) is 5.49. The van der Waals surface area contributed by atoms with Crippen molar-refractivity contribution >= 4 is 78.6 Å². The second-order valence-electron chi connectivity index (χ2n) is 9.73. The molecule has 4 heterocycles. The van der Waals surface area contributed by atoms with E-state index in [1.165, 1.54) is 7.11 Å². The lowest BCUT2D eigenvalue weighted by molar-refractivity contribution is -0.255. The first-order chi connectivity index (χ1) is 18.8. The van der Waals surface area contributed by atoms with E-state index in [-0.39, 0.29) is 16.1 Å². The number of aliphatic hydroxyl groups is 3.